The van der Waals surface area contributed by atoms with Crippen LogP contribution in [0.5, 0.6) is 0 Å². The second-order valence-electron chi connectivity index (χ2n) is 5.19. The molecule has 1 heterocycles. The number of amides is 2. The molecule has 3 rings (SSSR count). The third-order valence-electron chi connectivity index (χ3n) is 3.44. The van der Waals surface area contributed by atoms with Crippen molar-refractivity contribution in [2.24, 2.45) is 0 Å². The number of nitrogens with one attached hydrogen (secondary N) is 2. The molecule has 2 amide bonds. The number of carbonyl (C=O) groups is 2. The Labute approximate surface area is 149 Å². The first kappa shape index (κ1) is 16.5. The van der Waals surface area contributed by atoms with E-state index in [1.165, 1.54) is 11.3 Å². The number of hydrogen-bond donors (Lipinski definition) is 2. The maximum atomic E-state index is 12.3. The number of hydrogen-bond acceptors (Lipinski definition) is 3. The van der Waals surface area contributed by atoms with Gasteiger partial charge < -0.3 is 10.6 Å². The molecule has 0 saturated heterocycles. The van der Waals surface area contributed by atoms with E-state index in [0.29, 0.717) is 27.4 Å². The number of thiophene rings is 1. The van der Waals surface area contributed by atoms with Crippen molar-refractivity contribution >= 4 is 34.5 Å². The van der Waals surface area contributed by atoms with E-state index >= 15 is 0 Å². The zero-order valence-corrected chi connectivity index (χ0v) is 14.0. The Hall–Kier alpha value is -3.36. The zero-order chi connectivity index (χ0) is 17.6. The summed E-state index contributed by atoms with van der Waals surface area (Å²) in [7, 11) is 0. The first-order valence-corrected chi connectivity index (χ1v) is 8.36. The molecule has 3 aromatic rings. The summed E-state index contributed by atoms with van der Waals surface area (Å²) < 4.78 is 0. The number of benzene rings is 2. The third-order valence-corrected chi connectivity index (χ3v) is 4.31. The van der Waals surface area contributed by atoms with Gasteiger partial charge in [-0.3, -0.25) is 9.59 Å². The van der Waals surface area contributed by atoms with Crippen LogP contribution in [-0.2, 0) is 0 Å². The molecule has 0 atom stereocenters. The van der Waals surface area contributed by atoms with Crippen LogP contribution >= 0.6 is 11.3 Å². The van der Waals surface area contributed by atoms with E-state index in [4.69, 9.17) is 6.42 Å². The van der Waals surface area contributed by atoms with Crippen molar-refractivity contribution in [3.05, 3.63) is 82.0 Å². The largest absolute Gasteiger partial charge is 0.322 e. The monoisotopic (exact) mass is 346 g/mol. The van der Waals surface area contributed by atoms with Crippen molar-refractivity contribution in [3.63, 3.8) is 0 Å². The van der Waals surface area contributed by atoms with Crippen molar-refractivity contribution in [2.75, 3.05) is 10.6 Å². The molecule has 0 spiro atoms. The Morgan fingerprint density at radius 1 is 0.880 bits per heavy atom. The molecule has 0 saturated carbocycles. The summed E-state index contributed by atoms with van der Waals surface area (Å²) in [5.41, 5.74) is 2.45. The molecule has 0 unspecified atom stereocenters. The Morgan fingerprint density at radius 2 is 1.64 bits per heavy atom. The highest BCUT2D eigenvalue weighted by Gasteiger charge is 2.09. The fourth-order valence-electron chi connectivity index (χ4n) is 2.20. The Bertz CT molecular complexity index is 939. The molecular weight excluding hydrogens is 332 g/mol. The Balaban J connectivity index is 1.66. The van der Waals surface area contributed by atoms with Crippen LogP contribution in [-0.4, -0.2) is 11.8 Å². The number of terminal acetylenes is 1. The highest BCUT2D eigenvalue weighted by Crippen LogP contribution is 2.16. The second-order valence-corrected chi connectivity index (χ2v) is 6.14. The van der Waals surface area contributed by atoms with Gasteiger partial charge in [-0.25, -0.2) is 0 Å². The molecule has 0 aliphatic rings. The van der Waals surface area contributed by atoms with E-state index in [0.717, 1.165) is 0 Å². The Morgan fingerprint density at radius 3 is 2.32 bits per heavy atom. The SMILES string of the molecule is C#Cc1cccc(NC(=O)c2ccc(NC(=O)c3cccs3)cc2)c1. The van der Waals surface area contributed by atoms with E-state index in [9.17, 15) is 9.59 Å². The van der Waals surface area contributed by atoms with Crippen molar-refractivity contribution < 1.29 is 9.59 Å². The summed E-state index contributed by atoms with van der Waals surface area (Å²) in [4.78, 5) is 24.9. The highest BCUT2D eigenvalue weighted by atomic mass is 32.1. The first-order valence-electron chi connectivity index (χ1n) is 7.48. The van der Waals surface area contributed by atoms with E-state index in [1.54, 1.807) is 54.6 Å². The Kier molecular flexibility index (Phi) is 4.93. The van der Waals surface area contributed by atoms with Crippen LogP contribution in [0.4, 0.5) is 11.4 Å². The lowest BCUT2D eigenvalue weighted by molar-refractivity contribution is 0.102. The van der Waals surface area contributed by atoms with Crippen molar-refractivity contribution in [1.82, 2.24) is 0 Å². The van der Waals surface area contributed by atoms with Gasteiger partial charge >= 0.3 is 0 Å². The molecule has 122 valence electrons. The minimum atomic E-state index is -0.245. The lowest BCUT2D eigenvalue weighted by Gasteiger charge is -2.07. The van der Waals surface area contributed by atoms with Crippen molar-refractivity contribution in [2.45, 2.75) is 0 Å². The average molecular weight is 346 g/mol. The van der Waals surface area contributed by atoms with Gasteiger partial charge in [0.25, 0.3) is 11.8 Å². The van der Waals surface area contributed by atoms with Gasteiger partial charge in [0.1, 0.15) is 0 Å². The summed E-state index contributed by atoms with van der Waals surface area (Å²) >= 11 is 1.37. The summed E-state index contributed by atoms with van der Waals surface area (Å²) in [6.07, 6.45) is 5.36. The van der Waals surface area contributed by atoms with Gasteiger partial charge in [0.05, 0.1) is 4.88 Å². The molecular formula is C20H14N2O2S. The second kappa shape index (κ2) is 7.47. The highest BCUT2D eigenvalue weighted by molar-refractivity contribution is 7.12. The third kappa shape index (κ3) is 4.14. The molecule has 0 bridgehead atoms. The maximum absolute atomic E-state index is 12.3. The fraction of sp³-hybridized carbons (Fsp3) is 0. The van der Waals surface area contributed by atoms with Crippen LogP contribution in [0.3, 0.4) is 0 Å². The van der Waals surface area contributed by atoms with E-state index in [2.05, 4.69) is 16.6 Å². The van der Waals surface area contributed by atoms with Crippen LogP contribution in [0.2, 0.25) is 0 Å². The molecule has 25 heavy (non-hydrogen) atoms. The molecule has 4 nitrogen and oxygen atoms in total. The minimum absolute atomic E-state index is 0.168. The van der Waals surface area contributed by atoms with Gasteiger partial charge in [-0.2, -0.15) is 0 Å². The van der Waals surface area contributed by atoms with E-state index in [-0.39, 0.29) is 11.8 Å². The summed E-state index contributed by atoms with van der Waals surface area (Å²) in [5.74, 6) is 2.11. The van der Waals surface area contributed by atoms with Crippen molar-refractivity contribution in [3.8, 4) is 12.3 Å². The van der Waals surface area contributed by atoms with Crippen molar-refractivity contribution in [1.29, 1.82) is 0 Å². The van der Waals surface area contributed by atoms with E-state index in [1.807, 2.05) is 11.4 Å². The molecule has 0 aliphatic heterocycles. The maximum Gasteiger partial charge on any atom is 0.265 e. The van der Waals surface area contributed by atoms with E-state index < -0.39 is 0 Å². The number of carbonyl (C=O) groups excluding carboxylic acids is 2. The fourth-order valence-corrected chi connectivity index (χ4v) is 2.81. The van der Waals surface area contributed by atoms with Gasteiger partial charge in [0, 0.05) is 22.5 Å². The molecule has 0 aliphatic carbocycles. The zero-order valence-electron chi connectivity index (χ0n) is 13.2. The van der Waals surface area contributed by atoms with Crippen LogP contribution in [0.25, 0.3) is 0 Å². The first-order chi connectivity index (χ1) is 12.2. The van der Waals surface area contributed by atoms with Crippen LogP contribution in [0.1, 0.15) is 25.6 Å². The standard InChI is InChI=1S/C20H14N2O2S/c1-2-14-5-3-6-17(13-14)22-19(23)15-8-10-16(11-9-15)21-20(24)18-7-4-12-25-18/h1,3-13H,(H,21,24)(H,22,23). The molecule has 2 aromatic carbocycles. The normalized spacial score (nSPS) is 9.88. The summed E-state index contributed by atoms with van der Waals surface area (Å²) in [5, 5.41) is 7.43. The number of rotatable bonds is 4. The summed E-state index contributed by atoms with van der Waals surface area (Å²) in [6, 6.07) is 17.4. The predicted octanol–water partition coefficient (Wildman–Crippen LogP) is 4.23. The minimum Gasteiger partial charge on any atom is -0.322 e. The van der Waals surface area contributed by atoms with Crippen LogP contribution in [0, 0.1) is 12.3 Å². The van der Waals surface area contributed by atoms with Gasteiger partial charge in [-0.15, -0.1) is 17.8 Å². The van der Waals surface area contributed by atoms with Gasteiger partial charge in [0.15, 0.2) is 0 Å². The molecule has 5 heteroatoms. The quantitative estimate of drug-likeness (QED) is 0.695. The van der Waals surface area contributed by atoms with Crippen LogP contribution in [0.15, 0.2) is 66.0 Å². The smallest absolute Gasteiger partial charge is 0.265 e. The molecule has 1 aromatic heterocycles. The predicted molar refractivity (Wildman–Crippen MR) is 101 cm³/mol. The number of anilines is 2. The van der Waals surface area contributed by atoms with Gasteiger partial charge in [0.2, 0.25) is 0 Å². The van der Waals surface area contributed by atoms with Crippen LogP contribution < -0.4 is 10.6 Å². The molecule has 0 fully saturated rings. The summed E-state index contributed by atoms with van der Waals surface area (Å²) in [6.45, 7) is 0. The average Bonchev–Trinajstić information content (AvgIpc) is 3.17. The topological polar surface area (TPSA) is 58.2 Å². The van der Waals surface area contributed by atoms with Gasteiger partial charge in [-0.1, -0.05) is 18.1 Å². The lowest BCUT2D eigenvalue weighted by atomic mass is 10.1. The lowest BCUT2D eigenvalue weighted by Crippen LogP contribution is -2.13. The molecule has 0 radical (unpaired) electrons. The van der Waals surface area contributed by atoms with Gasteiger partial charge in [-0.05, 0) is 53.9 Å². The molecule has 2 N–H and O–H groups in total.